The maximum atomic E-state index is 14.3. The third kappa shape index (κ3) is 17.3. The second-order valence-corrected chi connectivity index (χ2v) is 36.2. The van der Waals surface area contributed by atoms with E-state index in [-0.39, 0.29) is 47.3 Å². The van der Waals surface area contributed by atoms with Crippen LogP contribution in [0.25, 0.3) is 0 Å². The molecule has 2 heterocycles. The Morgan fingerprint density at radius 3 is 1.60 bits per heavy atom. The molecule has 13 atom stereocenters. The smallest absolute Gasteiger partial charge is 0.338 e. The van der Waals surface area contributed by atoms with Crippen LogP contribution in [0, 0.1) is 17.8 Å². The van der Waals surface area contributed by atoms with Gasteiger partial charge in [-0.1, -0.05) is 113 Å². The molecule has 3 aliphatic rings. The normalized spacial score (nSPS) is 27.7. The van der Waals surface area contributed by atoms with E-state index in [2.05, 4.69) is 107 Å². The average Bonchev–Trinajstić information content (AvgIpc) is 3.36. The van der Waals surface area contributed by atoms with E-state index in [1.807, 2.05) is 37.4 Å². The van der Waals surface area contributed by atoms with E-state index in [9.17, 15) is 19.2 Å². The summed E-state index contributed by atoms with van der Waals surface area (Å²) in [6, 6.07) is 20.8. The van der Waals surface area contributed by atoms with Gasteiger partial charge < -0.3 is 56.2 Å². The van der Waals surface area contributed by atoms with Crippen molar-refractivity contribution < 1.29 is 75.4 Å². The summed E-state index contributed by atoms with van der Waals surface area (Å²) < 4.78 is 81.6. The van der Waals surface area contributed by atoms with Crippen LogP contribution in [0.3, 0.4) is 0 Å². The monoisotopic (exact) mass is 1280 g/mol. The van der Waals surface area contributed by atoms with Gasteiger partial charge in [0.25, 0.3) is 0 Å². The zero-order valence-corrected chi connectivity index (χ0v) is 54.7. The van der Waals surface area contributed by atoms with Gasteiger partial charge in [0.15, 0.2) is 47.5 Å². The lowest BCUT2D eigenvalue weighted by Gasteiger charge is -2.51. The van der Waals surface area contributed by atoms with E-state index >= 15 is 0 Å². The fourth-order valence-electron chi connectivity index (χ4n) is 9.70. The number of esters is 4. The number of carbonyl (C=O) groups is 4. The summed E-state index contributed by atoms with van der Waals surface area (Å²) >= 11 is 6.88. The van der Waals surface area contributed by atoms with Crippen molar-refractivity contribution in [3.63, 3.8) is 0 Å². The van der Waals surface area contributed by atoms with E-state index in [1.54, 1.807) is 55.6 Å². The lowest BCUT2D eigenvalue weighted by atomic mass is 9.75. The molecule has 6 rings (SSSR count). The number of benzene rings is 3. The highest BCUT2D eigenvalue weighted by molar-refractivity contribution is 9.10. The van der Waals surface area contributed by atoms with Crippen LogP contribution in [-0.4, -0.2) is 128 Å². The molecule has 2 saturated heterocycles. The van der Waals surface area contributed by atoms with Crippen molar-refractivity contribution in [1.82, 2.24) is 0 Å². The van der Waals surface area contributed by atoms with Crippen molar-refractivity contribution in [3.05, 3.63) is 98.4 Å². The summed E-state index contributed by atoms with van der Waals surface area (Å²) in [5.74, 6) is -1.12. The van der Waals surface area contributed by atoms with Gasteiger partial charge in [-0.05, 0) is 133 Å². The molecule has 20 heteroatoms. The molecule has 0 bridgehead atoms. The van der Waals surface area contributed by atoms with Gasteiger partial charge in [0.05, 0.1) is 37.6 Å². The Balaban J connectivity index is 1.48. The highest BCUT2D eigenvalue weighted by atomic mass is 79.9. The summed E-state index contributed by atoms with van der Waals surface area (Å²) in [4.78, 5) is 54.9. The van der Waals surface area contributed by atoms with Gasteiger partial charge in [-0.2, -0.15) is 0 Å². The van der Waals surface area contributed by atoms with Crippen LogP contribution >= 0.6 is 31.9 Å². The molecule has 3 aromatic rings. The highest BCUT2D eigenvalue weighted by Crippen LogP contribution is 2.45. The molecule has 0 aromatic heterocycles. The Kier molecular flexibility index (Phi) is 22.9. The van der Waals surface area contributed by atoms with Crippen molar-refractivity contribution in [3.8, 4) is 5.75 Å². The van der Waals surface area contributed by atoms with E-state index < -0.39 is 114 Å². The Morgan fingerprint density at radius 2 is 1.10 bits per heavy atom. The van der Waals surface area contributed by atoms with E-state index in [1.165, 1.54) is 13.8 Å². The Labute approximate surface area is 493 Å². The first-order valence-electron chi connectivity index (χ1n) is 27.8. The largest absolute Gasteiger partial charge is 0.497 e. The average molecular weight is 1280 g/mol. The van der Waals surface area contributed by atoms with E-state index in [0.717, 1.165) is 33.8 Å². The van der Waals surface area contributed by atoms with E-state index in [4.69, 9.17) is 56.2 Å². The third-order valence-electron chi connectivity index (χ3n) is 16.3. The van der Waals surface area contributed by atoms with Crippen molar-refractivity contribution >= 4 is 72.4 Å². The van der Waals surface area contributed by atoms with Crippen LogP contribution in [0.15, 0.2) is 81.7 Å². The van der Waals surface area contributed by atoms with Crippen LogP contribution in [0.2, 0.25) is 36.3 Å². The predicted octanol–water partition coefficient (Wildman–Crippen LogP) is 12.8. The molecule has 3 fully saturated rings. The van der Waals surface area contributed by atoms with Gasteiger partial charge in [0, 0.05) is 22.8 Å². The summed E-state index contributed by atoms with van der Waals surface area (Å²) in [6.45, 7) is 29.4. The number of halogens is 2. The minimum absolute atomic E-state index is 0.0788. The molecule has 80 heavy (non-hydrogen) atoms. The van der Waals surface area contributed by atoms with Gasteiger partial charge in [-0.25, -0.2) is 9.59 Å². The minimum Gasteiger partial charge on any atom is -0.497 e. The van der Waals surface area contributed by atoms with Gasteiger partial charge >= 0.3 is 23.9 Å². The van der Waals surface area contributed by atoms with Crippen molar-refractivity contribution in [2.75, 3.05) is 20.3 Å². The molecule has 0 radical (unpaired) electrons. The van der Waals surface area contributed by atoms with Crippen molar-refractivity contribution in [2.24, 2.45) is 17.8 Å². The first-order chi connectivity index (χ1) is 37.4. The molecule has 2 aliphatic heterocycles. The minimum atomic E-state index is -2.90. The second-order valence-electron chi connectivity index (χ2n) is 24.9. The zero-order chi connectivity index (χ0) is 59.1. The van der Waals surface area contributed by atoms with Crippen molar-refractivity contribution in [2.45, 2.75) is 206 Å². The van der Waals surface area contributed by atoms with Gasteiger partial charge in [-0.15, -0.1) is 0 Å². The zero-order valence-electron chi connectivity index (χ0n) is 49.5. The molecule has 0 N–H and O–H groups in total. The maximum Gasteiger partial charge on any atom is 0.338 e. The second kappa shape index (κ2) is 27.9. The molecule has 1 unspecified atom stereocenters. The summed E-state index contributed by atoms with van der Waals surface area (Å²) in [5.41, 5.74) is 1.31. The summed E-state index contributed by atoms with van der Waals surface area (Å²) in [5, 5.41) is -0.718. The lowest BCUT2D eigenvalue weighted by Crippen LogP contribution is -2.67. The van der Waals surface area contributed by atoms with Crippen LogP contribution in [0.1, 0.15) is 122 Å². The quantitative estimate of drug-likeness (QED) is 0.0558. The molecule has 1 aliphatic carbocycles. The molecular weight excluding hydrogens is 1190 g/mol. The Hall–Kier alpha value is -3.55. The molecule has 0 amide bonds. The Bertz CT molecular complexity index is 2520. The van der Waals surface area contributed by atoms with Crippen LogP contribution in [0.4, 0.5) is 0 Å². The number of hydrogen-bond acceptors (Lipinski definition) is 16. The predicted molar refractivity (Wildman–Crippen MR) is 314 cm³/mol. The fourth-order valence-corrected chi connectivity index (χ4v) is 12.8. The fraction of sp³-hybridized carbons (Fsp3) is 0.633. The number of methoxy groups -OCH3 is 1. The first-order valence-corrected chi connectivity index (χ1v) is 35.2. The van der Waals surface area contributed by atoms with Gasteiger partial charge in [0.2, 0.25) is 0 Å². The topological polar surface area (TPSA) is 179 Å². The number of ether oxygens (including phenoxy) is 10. The van der Waals surface area contributed by atoms with Crippen LogP contribution < -0.4 is 4.74 Å². The highest BCUT2D eigenvalue weighted by Gasteiger charge is 2.58. The number of rotatable bonds is 21. The van der Waals surface area contributed by atoms with E-state index in [0.29, 0.717) is 11.7 Å². The standard InChI is InChI=1S/C60H86Br2O16Si2/c1-35(2)45-30-17-36(3)31-46(45)73-58-54(72-38(5)64)51(77-79(13,14)59(6,7)8)49(68-32-39-18-28-44(67-12)29-19-39)47(75-58)34-70-57-53(71-37(4)63)52(78-80(15,16)60(9,10)11)50(76-56(66)41-22-26-43(62)27-23-41)48(74-57)33-69-55(65)40-20-24-42(61)25-21-40/h18-29,35-36,45-54,57-58H,17,30-34H2,1-16H3/t36-,45+,46-,47+,48+,49+,50+,51-,52-,53+,54+,57+,58?/m0/s1. The van der Waals surface area contributed by atoms with Gasteiger partial charge in [-0.3, -0.25) is 9.59 Å². The summed E-state index contributed by atoms with van der Waals surface area (Å²) in [6.07, 6.45) is -9.35. The Morgan fingerprint density at radius 1 is 0.613 bits per heavy atom. The third-order valence-corrected chi connectivity index (χ3v) is 26.3. The maximum absolute atomic E-state index is 14.3. The number of hydrogen-bond donors (Lipinski definition) is 0. The lowest BCUT2D eigenvalue weighted by molar-refractivity contribution is -0.342. The number of carbonyl (C=O) groups excluding carboxylic acids is 4. The molecule has 3 aromatic carbocycles. The molecule has 1 saturated carbocycles. The molecular formula is C60H86Br2O16Si2. The molecule has 444 valence electrons. The van der Waals surface area contributed by atoms with Crippen LogP contribution in [0.5, 0.6) is 5.75 Å². The molecule has 0 spiro atoms. The summed E-state index contributed by atoms with van der Waals surface area (Å²) in [7, 11) is -4.06. The SMILES string of the molecule is COc1ccc(CO[C@H]2[C@H](O[Si](C)(C)C(C)(C)C)[C@@H](OC(C)=O)C(O[C@H]3C[C@@H](C)CC[C@@H]3C(C)C)O[C@@H]2CO[C@@H]2O[C@H](COC(=O)c3ccc(Br)cc3)[C@@H](OC(=O)c3ccc(Br)cc3)[C@H](O[Si](C)(C)C(C)(C)C)[C@H]2OC(C)=O)cc1. The van der Waals surface area contributed by atoms with Crippen LogP contribution in [-0.2, 0) is 67.7 Å². The molecule has 16 nitrogen and oxygen atoms in total. The van der Waals surface area contributed by atoms with Crippen molar-refractivity contribution in [1.29, 1.82) is 0 Å². The van der Waals surface area contributed by atoms with Gasteiger partial charge in [0.1, 0.15) is 42.9 Å². The first kappa shape index (κ1) is 65.6.